The van der Waals surface area contributed by atoms with Crippen LogP contribution in [0.5, 0.6) is 0 Å². The molecule has 1 amide bonds. The average molecular weight is 552 g/mol. The summed E-state index contributed by atoms with van der Waals surface area (Å²) in [6.07, 6.45) is 0.908. The highest BCUT2D eigenvalue weighted by Crippen LogP contribution is 2.13. The fourth-order valence-electron chi connectivity index (χ4n) is 3.04. The molecule has 1 aromatic rings. The number of carbonyl (C=O) groups is 1. The van der Waals surface area contributed by atoms with Gasteiger partial charge in [-0.2, -0.15) is 0 Å². The van der Waals surface area contributed by atoms with Crippen LogP contribution in [0.1, 0.15) is 18.9 Å². The molecule has 1 aromatic carbocycles. The quantitative estimate of drug-likeness (QED) is 0.221. The van der Waals surface area contributed by atoms with Crippen molar-refractivity contribution in [2.75, 3.05) is 66.6 Å². The van der Waals surface area contributed by atoms with Crippen molar-refractivity contribution >= 4 is 47.4 Å². The maximum atomic E-state index is 12.0. The van der Waals surface area contributed by atoms with Gasteiger partial charge in [-0.15, -0.1) is 24.0 Å². The van der Waals surface area contributed by atoms with E-state index in [0.29, 0.717) is 0 Å². The van der Waals surface area contributed by atoms with Gasteiger partial charge in [0.1, 0.15) is 6.54 Å². The van der Waals surface area contributed by atoms with E-state index < -0.39 is 0 Å². The molecule has 0 spiro atoms. The molecule has 0 radical (unpaired) electrons. The number of ether oxygens (including phenoxy) is 1. The molecule has 9 heteroatoms. The number of aliphatic imine (C=N–C) groups is 1. The van der Waals surface area contributed by atoms with Crippen molar-refractivity contribution in [3.8, 4) is 0 Å². The van der Waals surface area contributed by atoms with Crippen LogP contribution in [0.3, 0.4) is 0 Å². The topological polar surface area (TPSA) is 60.4 Å². The molecular formula is C21H35ClIN5O2. The molecule has 170 valence electrons. The SMILES string of the molecule is CCOCCCNC(=NCC(=O)N(C)C)N1CCN(Cc2ccc(Cl)cc2)CC1.I. The van der Waals surface area contributed by atoms with Gasteiger partial charge in [-0.05, 0) is 31.0 Å². The first-order chi connectivity index (χ1) is 14.0. The van der Waals surface area contributed by atoms with E-state index in [4.69, 9.17) is 16.3 Å². The summed E-state index contributed by atoms with van der Waals surface area (Å²) in [7, 11) is 3.51. The lowest BCUT2D eigenvalue weighted by molar-refractivity contribution is -0.127. The Labute approximate surface area is 202 Å². The van der Waals surface area contributed by atoms with Crippen molar-refractivity contribution in [1.29, 1.82) is 0 Å². The molecule has 2 rings (SSSR count). The van der Waals surface area contributed by atoms with Crippen molar-refractivity contribution in [1.82, 2.24) is 20.0 Å². The third-order valence-corrected chi connectivity index (χ3v) is 5.06. The van der Waals surface area contributed by atoms with Crippen LogP contribution in [0, 0.1) is 0 Å². The van der Waals surface area contributed by atoms with Crippen molar-refractivity contribution in [2.45, 2.75) is 19.9 Å². The van der Waals surface area contributed by atoms with E-state index in [1.807, 2.05) is 19.1 Å². The lowest BCUT2D eigenvalue weighted by Gasteiger charge is -2.36. The fraction of sp³-hybridized carbons (Fsp3) is 0.619. The van der Waals surface area contributed by atoms with Gasteiger partial charge in [0.25, 0.3) is 0 Å². The van der Waals surface area contributed by atoms with Crippen LogP contribution in [0.25, 0.3) is 0 Å². The van der Waals surface area contributed by atoms with Gasteiger partial charge in [-0.25, -0.2) is 4.99 Å². The first-order valence-electron chi connectivity index (χ1n) is 10.3. The van der Waals surface area contributed by atoms with Gasteiger partial charge in [0.15, 0.2) is 5.96 Å². The Kier molecular flexibility index (Phi) is 13.3. The number of piperazine rings is 1. The zero-order valence-electron chi connectivity index (χ0n) is 18.3. The van der Waals surface area contributed by atoms with E-state index in [0.717, 1.165) is 69.9 Å². The summed E-state index contributed by atoms with van der Waals surface area (Å²) >= 11 is 5.97. The number of benzene rings is 1. The second-order valence-electron chi connectivity index (χ2n) is 7.29. The first-order valence-corrected chi connectivity index (χ1v) is 10.7. The minimum Gasteiger partial charge on any atom is -0.382 e. The molecule has 30 heavy (non-hydrogen) atoms. The van der Waals surface area contributed by atoms with Crippen molar-refractivity contribution < 1.29 is 9.53 Å². The van der Waals surface area contributed by atoms with Gasteiger partial charge in [0, 0.05) is 71.6 Å². The monoisotopic (exact) mass is 551 g/mol. The van der Waals surface area contributed by atoms with Crippen molar-refractivity contribution in [2.24, 2.45) is 4.99 Å². The number of hydrogen-bond acceptors (Lipinski definition) is 4. The number of likely N-dealkylation sites (N-methyl/N-ethyl adjacent to an activating group) is 1. The Bertz CT molecular complexity index is 649. The zero-order chi connectivity index (χ0) is 21.1. The molecule has 0 aromatic heterocycles. The maximum absolute atomic E-state index is 12.0. The van der Waals surface area contributed by atoms with Crippen molar-refractivity contribution in [3.05, 3.63) is 34.9 Å². The third-order valence-electron chi connectivity index (χ3n) is 4.81. The minimum atomic E-state index is -0.00000863. The number of amides is 1. The van der Waals surface area contributed by atoms with Gasteiger partial charge in [-0.1, -0.05) is 23.7 Å². The summed E-state index contributed by atoms with van der Waals surface area (Å²) in [5.41, 5.74) is 1.27. The normalized spacial score (nSPS) is 14.9. The van der Waals surface area contributed by atoms with Crippen LogP contribution >= 0.6 is 35.6 Å². The number of carbonyl (C=O) groups excluding carboxylic acids is 1. The summed E-state index contributed by atoms with van der Waals surface area (Å²) in [5, 5.41) is 4.17. The fourth-order valence-corrected chi connectivity index (χ4v) is 3.16. The van der Waals surface area contributed by atoms with Gasteiger partial charge in [0.05, 0.1) is 0 Å². The highest BCUT2D eigenvalue weighted by Gasteiger charge is 2.20. The zero-order valence-corrected chi connectivity index (χ0v) is 21.4. The summed E-state index contributed by atoms with van der Waals surface area (Å²) in [5.74, 6) is 0.808. The molecule has 7 nitrogen and oxygen atoms in total. The van der Waals surface area contributed by atoms with Crippen LogP contribution < -0.4 is 5.32 Å². The molecule has 1 heterocycles. The molecule has 1 aliphatic rings. The molecule has 0 atom stereocenters. The largest absolute Gasteiger partial charge is 0.382 e. The van der Waals surface area contributed by atoms with E-state index in [1.54, 1.807) is 19.0 Å². The number of halogens is 2. The Hall–Kier alpha value is -1.10. The van der Waals surface area contributed by atoms with Gasteiger partial charge in [0.2, 0.25) is 5.91 Å². The highest BCUT2D eigenvalue weighted by atomic mass is 127. The Morgan fingerprint density at radius 2 is 1.87 bits per heavy atom. The van der Waals surface area contributed by atoms with E-state index in [9.17, 15) is 4.79 Å². The van der Waals surface area contributed by atoms with Crippen LogP contribution in [0.4, 0.5) is 0 Å². The van der Waals surface area contributed by atoms with Crippen LogP contribution in [0.15, 0.2) is 29.3 Å². The number of hydrogen-bond donors (Lipinski definition) is 1. The lowest BCUT2D eigenvalue weighted by Crippen LogP contribution is -2.52. The second-order valence-corrected chi connectivity index (χ2v) is 7.73. The van der Waals surface area contributed by atoms with E-state index in [2.05, 4.69) is 32.2 Å². The molecule has 0 saturated carbocycles. The number of guanidine groups is 1. The lowest BCUT2D eigenvalue weighted by atomic mass is 10.2. The van der Waals surface area contributed by atoms with Gasteiger partial charge >= 0.3 is 0 Å². The molecule has 0 unspecified atom stereocenters. The van der Waals surface area contributed by atoms with Gasteiger partial charge in [-0.3, -0.25) is 9.69 Å². The Morgan fingerprint density at radius 1 is 1.20 bits per heavy atom. The summed E-state index contributed by atoms with van der Waals surface area (Å²) in [6, 6.07) is 8.03. The highest BCUT2D eigenvalue weighted by molar-refractivity contribution is 14.0. The predicted octanol–water partition coefficient (Wildman–Crippen LogP) is 2.54. The molecule has 1 N–H and O–H groups in total. The van der Waals surface area contributed by atoms with Crippen molar-refractivity contribution in [3.63, 3.8) is 0 Å². The minimum absolute atomic E-state index is 0. The third kappa shape index (κ3) is 9.80. The summed E-state index contributed by atoms with van der Waals surface area (Å²) < 4.78 is 5.40. The summed E-state index contributed by atoms with van der Waals surface area (Å²) in [4.78, 5) is 22.8. The predicted molar refractivity (Wildman–Crippen MR) is 134 cm³/mol. The van der Waals surface area contributed by atoms with E-state index >= 15 is 0 Å². The number of nitrogens with one attached hydrogen (secondary N) is 1. The Balaban J connectivity index is 0.00000450. The molecule has 0 bridgehead atoms. The van der Waals surface area contributed by atoms with E-state index in [-0.39, 0.29) is 36.4 Å². The number of rotatable bonds is 9. The van der Waals surface area contributed by atoms with Crippen LogP contribution in [-0.4, -0.2) is 93.1 Å². The standard InChI is InChI=1S/C21H34ClN5O2.HI/c1-4-29-15-5-10-23-21(24-16-20(28)25(2)3)27-13-11-26(12-14-27)17-18-6-8-19(22)9-7-18;/h6-9H,4-5,10-17H2,1-3H3,(H,23,24);1H. The average Bonchev–Trinajstić information content (AvgIpc) is 2.72. The van der Waals surface area contributed by atoms with Gasteiger partial charge < -0.3 is 19.9 Å². The summed E-state index contributed by atoms with van der Waals surface area (Å²) in [6.45, 7) is 8.95. The van der Waals surface area contributed by atoms with Crippen LogP contribution in [0.2, 0.25) is 5.02 Å². The van der Waals surface area contributed by atoms with Crippen LogP contribution in [-0.2, 0) is 16.1 Å². The first kappa shape index (κ1) is 26.9. The number of nitrogens with zero attached hydrogens (tertiary/aromatic N) is 4. The maximum Gasteiger partial charge on any atom is 0.243 e. The smallest absolute Gasteiger partial charge is 0.243 e. The molecule has 1 aliphatic heterocycles. The van der Waals surface area contributed by atoms with E-state index in [1.165, 1.54) is 5.56 Å². The molecule has 1 saturated heterocycles. The molecular weight excluding hydrogens is 517 g/mol. The second kappa shape index (κ2) is 14.8. The molecule has 1 fully saturated rings. The Morgan fingerprint density at radius 3 is 2.47 bits per heavy atom. The molecule has 0 aliphatic carbocycles.